The summed E-state index contributed by atoms with van der Waals surface area (Å²) in [5.41, 5.74) is 2.37. The highest BCUT2D eigenvalue weighted by Crippen LogP contribution is 2.39. The third-order valence-corrected chi connectivity index (χ3v) is 5.45. The average Bonchev–Trinajstić information content (AvgIpc) is 2.85. The number of phenolic OH excluding ortho intramolecular Hbond substituents is 5. The highest BCUT2D eigenvalue weighted by Gasteiger charge is 2.27. The van der Waals surface area contributed by atoms with Crippen LogP contribution in [0.2, 0.25) is 0 Å². The van der Waals surface area contributed by atoms with Crippen LogP contribution >= 0.6 is 0 Å². The highest BCUT2D eigenvalue weighted by atomic mass is 16.5. The zero-order valence-electron chi connectivity index (χ0n) is 18.5. The van der Waals surface area contributed by atoms with Gasteiger partial charge >= 0.3 is 0 Å². The van der Waals surface area contributed by atoms with Crippen LogP contribution in [0.1, 0.15) is 34.5 Å². The van der Waals surface area contributed by atoms with E-state index in [1.807, 2.05) is 6.08 Å². The number of benzene rings is 4. The van der Waals surface area contributed by atoms with Crippen LogP contribution in [0.5, 0.6) is 34.5 Å². The van der Waals surface area contributed by atoms with Crippen molar-refractivity contribution in [2.75, 3.05) is 0 Å². The predicted octanol–water partition coefficient (Wildman–Crippen LogP) is 5.24. The van der Waals surface area contributed by atoms with Gasteiger partial charge in [0.15, 0.2) is 29.1 Å². The van der Waals surface area contributed by atoms with Crippen LogP contribution < -0.4 is 4.74 Å². The SMILES string of the molecule is Oc1ccc(/C=C/c2ccc(OC(c3ccc(O)cc3)C(O)c3ccc(O)c(O)c3)c(O)c2)cc1. The number of ether oxygens (including phenoxy) is 1. The minimum absolute atomic E-state index is 0.0388. The lowest BCUT2D eigenvalue weighted by atomic mass is 9.97. The summed E-state index contributed by atoms with van der Waals surface area (Å²) >= 11 is 0. The molecule has 0 aliphatic rings. The first kappa shape index (κ1) is 23.5. The lowest BCUT2D eigenvalue weighted by Gasteiger charge is -2.26. The topological polar surface area (TPSA) is 131 Å². The summed E-state index contributed by atoms with van der Waals surface area (Å²) in [6.07, 6.45) is 1.33. The molecule has 0 aromatic heterocycles. The monoisotopic (exact) mass is 472 g/mol. The van der Waals surface area contributed by atoms with E-state index >= 15 is 0 Å². The standard InChI is InChI=1S/C28H24O7/c29-21-9-3-17(4-10-21)1-2-18-5-14-26(25(33)15-18)35-28(19-6-11-22(30)12-7-19)27(34)20-8-13-23(31)24(32)16-20/h1-16,27-34H/b2-1+. The quantitative estimate of drug-likeness (QED) is 0.160. The predicted molar refractivity (Wildman–Crippen MR) is 131 cm³/mol. The minimum atomic E-state index is -1.28. The largest absolute Gasteiger partial charge is 0.508 e. The fourth-order valence-electron chi connectivity index (χ4n) is 3.53. The minimum Gasteiger partial charge on any atom is -0.508 e. The Kier molecular flexibility index (Phi) is 6.80. The van der Waals surface area contributed by atoms with Crippen molar-refractivity contribution < 1.29 is 35.4 Å². The van der Waals surface area contributed by atoms with E-state index in [0.717, 1.165) is 5.56 Å². The third-order valence-electron chi connectivity index (χ3n) is 5.45. The molecule has 0 radical (unpaired) electrons. The molecule has 0 spiro atoms. The summed E-state index contributed by atoms with van der Waals surface area (Å²) in [4.78, 5) is 0. The number of aliphatic hydroxyl groups is 1. The van der Waals surface area contributed by atoms with Crippen LogP contribution in [0.3, 0.4) is 0 Å². The van der Waals surface area contributed by atoms with E-state index in [9.17, 15) is 30.6 Å². The molecule has 0 amide bonds. The van der Waals surface area contributed by atoms with Crippen molar-refractivity contribution in [2.45, 2.75) is 12.2 Å². The van der Waals surface area contributed by atoms with Crippen LogP contribution in [-0.4, -0.2) is 30.6 Å². The number of aromatic hydroxyl groups is 5. The molecule has 4 aromatic carbocycles. The summed E-state index contributed by atoms with van der Waals surface area (Å²) < 4.78 is 6.01. The summed E-state index contributed by atoms with van der Waals surface area (Å²) in [6, 6.07) is 21.5. The molecule has 0 saturated carbocycles. The Hall–Kier alpha value is -4.62. The van der Waals surface area contributed by atoms with Crippen LogP contribution in [0.4, 0.5) is 0 Å². The van der Waals surface area contributed by atoms with Gasteiger partial charge in [0.05, 0.1) is 0 Å². The Morgan fingerprint density at radius 3 is 1.74 bits per heavy atom. The third kappa shape index (κ3) is 5.66. The van der Waals surface area contributed by atoms with Gasteiger partial charge in [0.1, 0.15) is 17.6 Å². The average molecular weight is 472 g/mol. The van der Waals surface area contributed by atoms with Gasteiger partial charge in [0.25, 0.3) is 0 Å². The molecule has 2 atom stereocenters. The summed E-state index contributed by atoms with van der Waals surface area (Å²) in [7, 11) is 0. The fraction of sp³-hybridized carbons (Fsp3) is 0.0714. The Morgan fingerprint density at radius 1 is 0.543 bits per heavy atom. The highest BCUT2D eigenvalue weighted by molar-refractivity contribution is 5.71. The van der Waals surface area contributed by atoms with Crippen molar-refractivity contribution in [3.63, 3.8) is 0 Å². The zero-order valence-corrected chi connectivity index (χ0v) is 18.5. The number of phenols is 5. The first-order valence-corrected chi connectivity index (χ1v) is 10.8. The Labute approximate surface area is 201 Å². The maximum Gasteiger partial charge on any atom is 0.162 e. The normalized spacial score (nSPS) is 12.9. The van der Waals surface area contributed by atoms with E-state index in [4.69, 9.17) is 4.74 Å². The molecule has 0 aliphatic heterocycles. The van der Waals surface area contributed by atoms with Gasteiger partial charge in [-0.2, -0.15) is 0 Å². The van der Waals surface area contributed by atoms with Gasteiger partial charge < -0.3 is 35.4 Å². The molecule has 0 saturated heterocycles. The van der Waals surface area contributed by atoms with E-state index in [0.29, 0.717) is 11.1 Å². The summed E-state index contributed by atoms with van der Waals surface area (Å²) in [5, 5.41) is 60.2. The molecule has 6 N–H and O–H groups in total. The molecule has 7 heteroatoms. The van der Waals surface area contributed by atoms with Crippen LogP contribution in [-0.2, 0) is 0 Å². The van der Waals surface area contributed by atoms with Crippen molar-refractivity contribution in [3.05, 3.63) is 107 Å². The maximum atomic E-state index is 11.1. The lowest BCUT2D eigenvalue weighted by Crippen LogP contribution is -2.17. The number of rotatable bonds is 7. The van der Waals surface area contributed by atoms with E-state index in [-0.39, 0.29) is 34.3 Å². The molecule has 0 heterocycles. The van der Waals surface area contributed by atoms with Crippen molar-refractivity contribution >= 4 is 12.2 Å². The number of hydrogen-bond acceptors (Lipinski definition) is 7. The molecule has 4 aromatic rings. The molecule has 0 fully saturated rings. The Morgan fingerprint density at radius 2 is 1.11 bits per heavy atom. The van der Waals surface area contributed by atoms with E-state index in [1.165, 1.54) is 36.4 Å². The zero-order chi connectivity index (χ0) is 24.9. The van der Waals surface area contributed by atoms with Gasteiger partial charge in [-0.15, -0.1) is 0 Å². The number of aliphatic hydroxyl groups excluding tert-OH is 1. The first-order chi connectivity index (χ1) is 16.8. The van der Waals surface area contributed by atoms with E-state index in [2.05, 4.69) is 0 Å². The Bertz CT molecular complexity index is 1330. The van der Waals surface area contributed by atoms with Crippen LogP contribution in [0.15, 0.2) is 84.9 Å². The van der Waals surface area contributed by atoms with Gasteiger partial charge in [0.2, 0.25) is 0 Å². The molecular formula is C28H24O7. The second kappa shape index (κ2) is 10.1. The van der Waals surface area contributed by atoms with Gasteiger partial charge in [-0.1, -0.05) is 48.6 Å². The smallest absolute Gasteiger partial charge is 0.162 e. The first-order valence-electron chi connectivity index (χ1n) is 10.8. The van der Waals surface area contributed by atoms with Crippen LogP contribution in [0, 0.1) is 0 Å². The Balaban J connectivity index is 1.61. The van der Waals surface area contributed by atoms with Gasteiger partial charge in [-0.25, -0.2) is 0 Å². The van der Waals surface area contributed by atoms with Crippen molar-refractivity contribution in [1.29, 1.82) is 0 Å². The van der Waals surface area contributed by atoms with Gasteiger partial charge in [-0.05, 0) is 70.8 Å². The molecule has 7 nitrogen and oxygen atoms in total. The molecule has 0 aliphatic carbocycles. The second-order valence-electron chi connectivity index (χ2n) is 7.98. The molecule has 178 valence electrons. The summed E-state index contributed by atoms with van der Waals surface area (Å²) in [5.74, 6) is -0.532. The van der Waals surface area contributed by atoms with Crippen molar-refractivity contribution in [1.82, 2.24) is 0 Å². The molecule has 35 heavy (non-hydrogen) atoms. The molecule has 2 unspecified atom stereocenters. The lowest BCUT2D eigenvalue weighted by molar-refractivity contribution is 0.0326. The molecule has 0 bridgehead atoms. The van der Waals surface area contributed by atoms with E-state index in [1.54, 1.807) is 54.6 Å². The van der Waals surface area contributed by atoms with Gasteiger partial charge in [-0.3, -0.25) is 0 Å². The maximum absolute atomic E-state index is 11.1. The number of hydrogen-bond donors (Lipinski definition) is 6. The van der Waals surface area contributed by atoms with Crippen molar-refractivity contribution in [2.24, 2.45) is 0 Å². The molecule has 4 rings (SSSR count). The van der Waals surface area contributed by atoms with Crippen LogP contribution in [0.25, 0.3) is 12.2 Å². The summed E-state index contributed by atoms with van der Waals surface area (Å²) in [6.45, 7) is 0. The second-order valence-corrected chi connectivity index (χ2v) is 7.98. The van der Waals surface area contributed by atoms with Crippen molar-refractivity contribution in [3.8, 4) is 34.5 Å². The van der Waals surface area contributed by atoms with Gasteiger partial charge in [0, 0.05) is 0 Å². The van der Waals surface area contributed by atoms with E-state index < -0.39 is 18.0 Å². The molecular weight excluding hydrogens is 448 g/mol. The fourth-order valence-corrected chi connectivity index (χ4v) is 3.53.